The summed E-state index contributed by atoms with van der Waals surface area (Å²) in [5.41, 5.74) is 2.14. The predicted molar refractivity (Wildman–Crippen MR) is 80.5 cm³/mol. The lowest BCUT2D eigenvalue weighted by Crippen LogP contribution is -2.33. The van der Waals surface area contributed by atoms with Crippen LogP contribution in [0.15, 0.2) is 23.8 Å². The minimum absolute atomic E-state index is 0.442. The van der Waals surface area contributed by atoms with Crippen LogP contribution in [0.1, 0.15) is 66.2 Å². The second-order valence-electron chi connectivity index (χ2n) is 7.04. The van der Waals surface area contributed by atoms with Crippen molar-refractivity contribution in [2.24, 2.45) is 23.2 Å². The maximum Gasteiger partial charge on any atom is -0.0174 e. The van der Waals surface area contributed by atoms with Gasteiger partial charge in [0.15, 0.2) is 0 Å². The molecule has 18 heavy (non-hydrogen) atoms. The lowest BCUT2D eigenvalue weighted by Gasteiger charge is -2.42. The van der Waals surface area contributed by atoms with E-state index in [9.17, 15) is 0 Å². The molecule has 0 saturated carbocycles. The molecular formula is C18H30. The summed E-state index contributed by atoms with van der Waals surface area (Å²) >= 11 is 0. The van der Waals surface area contributed by atoms with Gasteiger partial charge in [0.1, 0.15) is 0 Å². The molecule has 0 saturated heterocycles. The Labute approximate surface area is 114 Å². The van der Waals surface area contributed by atoms with E-state index >= 15 is 0 Å². The van der Waals surface area contributed by atoms with Crippen LogP contribution in [0, 0.1) is 23.2 Å². The molecule has 2 rings (SSSR count). The van der Waals surface area contributed by atoms with Gasteiger partial charge in [-0.1, -0.05) is 51.5 Å². The molecule has 3 unspecified atom stereocenters. The zero-order chi connectivity index (χ0) is 13.2. The SMILES string of the molecule is CCC1=CC(C(C)(C)C2C=CC(C)CC2)CCC1. The Bertz CT molecular complexity index is 332. The Hall–Kier alpha value is -0.520. The third-order valence-corrected chi connectivity index (χ3v) is 5.42. The zero-order valence-electron chi connectivity index (χ0n) is 12.7. The largest absolute Gasteiger partial charge is 0.0854 e. The Morgan fingerprint density at radius 3 is 2.50 bits per heavy atom. The van der Waals surface area contributed by atoms with Crippen molar-refractivity contribution >= 4 is 0 Å². The van der Waals surface area contributed by atoms with E-state index in [1.807, 2.05) is 0 Å². The van der Waals surface area contributed by atoms with Gasteiger partial charge in [-0.05, 0) is 61.7 Å². The minimum Gasteiger partial charge on any atom is -0.0854 e. The van der Waals surface area contributed by atoms with E-state index in [0.29, 0.717) is 5.41 Å². The molecule has 0 bridgehead atoms. The molecule has 0 fully saturated rings. The summed E-state index contributed by atoms with van der Waals surface area (Å²) in [6.45, 7) is 9.65. The van der Waals surface area contributed by atoms with Gasteiger partial charge in [0.25, 0.3) is 0 Å². The molecule has 0 N–H and O–H groups in total. The topological polar surface area (TPSA) is 0 Å². The number of allylic oxidation sites excluding steroid dienone is 4. The Morgan fingerprint density at radius 1 is 1.11 bits per heavy atom. The fourth-order valence-electron chi connectivity index (χ4n) is 3.74. The zero-order valence-corrected chi connectivity index (χ0v) is 12.7. The van der Waals surface area contributed by atoms with Crippen LogP contribution in [-0.2, 0) is 0 Å². The molecule has 0 aliphatic heterocycles. The molecule has 2 aliphatic rings. The van der Waals surface area contributed by atoms with E-state index < -0.39 is 0 Å². The van der Waals surface area contributed by atoms with Crippen molar-refractivity contribution in [3.05, 3.63) is 23.8 Å². The van der Waals surface area contributed by atoms with Crippen LogP contribution in [0.2, 0.25) is 0 Å². The summed E-state index contributed by atoms with van der Waals surface area (Å²) in [6, 6.07) is 0. The van der Waals surface area contributed by atoms with E-state index in [2.05, 4.69) is 45.9 Å². The molecule has 0 aromatic heterocycles. The van der Waals surface area contributed by atoms with Crippen LogP contribution in [0.5, 0.6) is 0 Å². The van der Waals surface area contributed by atoms with Crippen molar-refractivity contribution < 1.29 is 0 Å². The van der Waals surface area contributed by atoms with Crippen LogP contribution in [0.3, 0.4) is 0 Å². The van der Waals surface area contributed by atoms with Crippen LogP contribution in [0.25, 0.3) is 0 Å². The van der Waals surface area contributed by atoms with Gasteiger partial charge in [-0.3, -0.25) is 0 Å². The molecule has 0 aromatic carbocycles. The summed E-state index contributed by atoms with van der Waals surface area (Å²) in [5.74, 6) is 2.38. The van der Waals surface area contributed by atoms with Gasteiger partial charge in [0.2, 0.25) is 0 Å². The lowest BCUT2D eigenvalue weighted by atomic mass is 9.63. The standard InChI is InChI=1S/C18H30/c1-5-15-7-6-8-17(13-15)18(3,4)16-11-9-14(2)10-12-16/h9,11,13-14,16-17H,5-8,10,12H2,1-4H3. The van der Waals surface area contributed by atoms with Gasteiger partial charge in [-0.2, -0.15) is 0 Å². The molecule has 102 valence electrons. The van der Waals surface area contributed by atoms with Crippen molar-refractivity contribution in [2.75, 3.05) is 0 Å². The van der Waals surface area contributed by atoms with Gasteiger partial charge in [-0.25, -0.2) is 0 Å². The van der Waals surface area contributed by atoms with Crippen LogP contribution in [0.4, 0.5) is 0 Å². The van der Waals surface area contributed by atoms with Gasteiger partial charge >= 0.3 is 0 Å². The third kappa shape index (κ3) is 2.90. The molecule has 0 amide bonds. The monoisotopic (exact) mass is 246 g/mol. The van der Waals surface area contributed by atoms with Crippen LogP contribution in [-0.4, -0.2) is 0 Å². The summed E-state index contributed by atoms with van der Waals surface area (Å²) in [4.78, 5) is 0. The predicted octanol–water partition coefficient (Wildman–Crippen LogP) is 5.75. The van der Waals surface area contributed by atoms with E-state index in [1.54, 1.807) is 5.57 Å². The van der Waals surface area contributed by atoms with E-state index in [1.165, 1.54) is 38.5 Å². The van der Waals surface area contributed by atoms with Crippen molar-refractivity contribution in [3.8, 4) is 0 Å². The molecule has 0 spiro atoms. The summed E-state index contributed by atoms with van der Waals surface area (Å²) in [7, 11) is 0. The Balaban J connectivity index is 2.12. The van der Waals surface area contributed by atoms with Crippen molar-refractivity contribution in [2.45, 2.75) is 66.2 Å². The molecule has 0 heterocycles. The van der Waals surface area contributed by atoms with Crippen molar-refractivity contribution in [1.82, 2.24) is 0 Å². The second kappa shape index (κ2) is 5.63. The highest BCUT2D eigenvalue weighted by molar-refractivity contribution is 5.13. The normalized spacial score (nSPS) is 33.3. The van der Waals surface area contributed by atoms with Crippen molar-refractivity contribution in [1.29, 1.82) is 0 Å². The summed E-state index contributed by atoms with van der Waals surface area (Å²) in [6.07, 6.45) is 15.8. The average molecular weight is 246 g/mol. The number of hydrogen-bond donors (Lipinski definition) is 0. The first-order valence-corrected chi connectivity index (χ1v) is 7.92. The first-order valence-electron chi connectivity index (χ1n) is 7.92. The van der Waals surface area contributed by atoms with Crippen LogP contribution < -0.4 is 0 Å². The molecule has 0 radical (unpaired) electrons. The quantitative estimate of drug-likeness (QED) is 0.556. The first kappa shape index (κ1) is 13.9. The minimum atomic E-state index is 0.442. The van der Waals surface area contributed by atoms with Gasteiger partial charge < -0.3 is 0 Å². The molecule has 2 aliphatic carbocycles. The van der Waals surface area contributed by atoms with E-state index in [4.69, 9.17) is 0 Å². The molecule has 0 aromatic rings. The molecule has 3 atom stereocenters. The first-order chi connectivity index (χ1) is 8.54. The molecule has 0 heteroatoms. The highest BCUT2D eigenvalue weighted by Crippen LogP contribution is 2.46. The second-order valence-corrected chi connectivity index (χ2v) is 7.04. The van der Waals surface area contributed by atoms with Gasteiger partial charge in [0, 0.05) is 0 Å². The van der Waals surface area contributed by atoms with Crippen LogP contribution >= 0.6 is 0 Å². The summed E-state index contributed by atoms with van der Waals surface area (Å²) < 4.78 is 0. The Morgan fingerprint density at radius 2 is 1.89 bits per heavy atom. The van der Waals surface area contributed by atoms with E-state index in [0.717, 1.165) is 17.8 Å². The smallest absolute Gasteiger partial charge is 0.0174 e. The molecule has 0 nitrogen and oxygen atoms in total. The highest BCUT2D eigenvalue weighted by Gasteiger charge is 2.36. The number of hydrogen-bond acceptors (Lipinski definition) is 0. The third-order valence-electron chi connectivity index (χ3n) is 5.42. The molecular weight excluding hydrogens is 216 g/mol. The number of rotatable bonds is 3. The van der Waals surface area contributed by atoms with E-state index in [-0.39, 0.29) is 0 Å². The maximum absolute atomic E-state index is 2.62. The lowest BCUT2D eigenvalue weighted by molar-refractivity contribution is 0.147. The summed E-state index contributed by atoms with van der Waals surface area (Å²) in [5, 5.41) is 0. The maximum atomic E-state index is 2.62. The average Bonchev–Trinajstić information content (AvgIpc) is 2.39. The fraction of sp³-hybridized carbons (Fsp3) is 0.778. The van der Waals surface area contributed by atoms with Crippen molar-refractivity contribution in [3.63, 3.8) is 0 Å². The van der Waals surface area contributed by atoms with Gasteiger partial charge in [-0.15, -0.1) is 0 Å². The fourth-order valence-corrected chi connectivity index (χ4v) is 3.74. The van der Waals surface area contributed by atoms with Gasteiger partial charge in [0.05, 0.1) is 0 Å². The highest BCUT2D eigenvalue weighted by atomic mass is 14.4. The Kier molecular flexibility index (Phi) is 4.35.